The molecule has 2 heterocycles. The lowest BCUT2D eigenvalue weighted by atomic mass is 10.2. The quantitative estimate of drug-likeness (QED) is 0.784. The number of benzene rings is 1. The first-order valence-corrected chi connectivity index (χ1v) is 6.21. The number of carbonyl (C=O) groups excluding carboxylic acids is 1. The summed E-state index contributed by atoms with van der Waals surface area (Å²) in [6, 6.07) is 12.5. The molecule has 0 aliphatic carbocycles. The summed E-state index contributed by atoms with van der Waals surface area (Å²) in [6.07, 6.45) is 0.702. The molecule has 2 aromatic heterocycles. The minimum Gasteiger partial charge on any atom is -0.404 e. The molecule has 0 aliphatic rings. The Bertz CT molecular complexity index is 823. The lowest BCUT2D eigenvalue weighted by Gasteiger charge is -2.05. The zero-order valence-electron chi connectivity index (χ0n) is 10.9. The standard InChI is InChI=1S/C14H11N3O4/c18-13(16-9-10-5-2-1-3-6-10)21-17-12-11(20-14(17)19)7-4-8-15-12/h1-8H,9H2,(H,16,18). The van der Waals surface area contributed by atoms with Crippen molar-refractivity contribution in [2.45, 2.75) is 6.54 Å². The number of carbonyl (C=O) groups is 1. The maximum Gasteiger partial charge on any atom is 0.455 e. The van der Waals surface area contributed by atoms with Crippen molar-refractivity contribution in [3.8, 4) is 0 Å². The highest BCUT2D eigenvalue weighted by molar-refractivity contribution is 5.71. The zero-order valence-corrected chi connectivity index (χ0v) is 10.9. The normalized spacial score (nSPS) is 10.5. The van der Waals surface area contributed by atoms with Crippen molar-refractivity contribution in [1.29, 1.82) is 0 Å². The van der Waals surface area contributed by atoms with Crippen LogP contribution in [0.3, 0.4) is 0 Å². The predicted octanol–water partition coefficient (Wildman–Crippen LogP) is 1.33. The molecular weight excluding hydrogens is 274 g/mol. The fourth-order valence-electron chi connectivity index (χ4n) is 1.80. The number of oxazole rings is 1. The van der Waals surface area contributed by atoms with Gasteiger partial charge in [-0.15, -0.1) is 0 Å². The van der Waals surface area contributed by atoms with E-state index in [1.54, 1.807) is 12.1 Å². The van der Waals surface area contributed by atoms with Gasteiger partial charge in [-0.25, -0.2) is 14.6 Å². The van der Waals surface area contributed by atoms with Crippen LogP contribution in [0.4, 0.5) is 4.79 Å². The van der Waals surface area contributed by atoms with Crippen molar-refractivity contribution in [2.75, 3.05) is 0 Å². The summed E-state index contributed by atoms with van der Waals surface area (Å²) in [6.45, 7) is 0.289. The SMILES string of the molecule is O=C(NCc1ccccc1)On1c(=O)oc2cccnc21. The van der Waals surface area contributed by atoms with Crippen LogP contribution in [0.25, 0.3) is 11.2 Å². The van der Waals surface area contributed by atoms with Crippen LogP contribution in [-0.4, -0.2) is 15.8 Å². The molecule has 7 nitrogen and oxygen atoms in total. The van der Waals surface area contributed by atoms with Crippen molar-refractivity contribution in [3.63, 3.8) is 0 Å². The van der Waals surface area contributed by atoms with E-state index in [4.69, 9.17) is 9.25 Å². The summed E-state index contributed by atoms with van der Waals surface area (Å²) in [5, 5.41) is 2.54. The van der Waals surface area contributed by atoms with Crippen LogP contribution in [0.1, 0.15) is 5.56 Å². The predicted molar refractivity (Wildman–Crippen MR) is 73.5 cm³/mol. The molecule has 0 saturated carbocycles. The second kappa shape index (κ2) is 5.49. The van der Waals surface area contributed by atoms with E-state index in [-0.39, 0.29) is 17.8 Å². The molecule has 0 unspecified atom stereocenters. The average molecular weight is 285 g/mol. The van der Waals surface area contributed by atoms with Crippen LogP contribution < -0.4 is 15.9 Å². The maximum absolute atomic E-state index is 11.7. The van der Waals surface area contributed by atoms with Crippen molar-refractivity contribution in [2.24, 2.45) is 0 Å². The van der Waals surface area contributed by atoms with Gasteiger partial charge >= 0.3 is 11.8 Å². The lowest BCUT2D eigenvalue weighted by molar-refractivity contribution is 0.126. The van der Waals surface area contributed by atoms with E-state index < -0.39 is 11.8 Å². The van der Waals surface area contributed by atoms with Gasteiger partial charge in [0, 0.05) is 12.7 Å². The molecule has 0 atom stereocenters. The number of aromatic nitrogens is 2. The van der Waals surface area contributed by atoms with Gasteiger partial charge in [-0.3, -0.25) is 0 Å². The van der Waals surface area contributed by atoms with Gasteiger partial charge in [0.15, 0.2) is 5.58 Å². The van der Waals surface area contributed by atoms with Crippen LogP contribution in [0, 0.1) is 0 Å². The minimum atomic E-state index is -0.807. The molecule has 0 fully saturated rings. The number of rotatable bonds is 3. The first-order chi connectivity index (χ1) is 10.2. The van der Waals surface area contributed by atoms with Crippen LogP contribution in [-0.2, 0) is 6.54 Å². The highest BCUT2D eigenvalue weighted by atomic mass is 16.7. The number of amides is 1. The first kappa shape index (κ1) is 12.9. The Morgan fingerprint density at radius 1 is 1.24 bits per heavy atom. The molecule has 106 valence electrons. The second-order valence-corrected chi connectivity index (χ2v) is 4.21. The highest BCUT2D eigenvalue weighted by Gasteiger charge is 2.14. The van der Waals surface area contributed by atoms with Gasteiger partial charge in [-0.2, -0.15) is 0 Å². The Morgan fingerprint density at radius 2 is 2.05 bits per heavy atom. The van der Waals surface area contributed by atoms with Crippen LogP contribution >= 0.6 is 0 Å². The Morgan fingerprint density at radius 3 is 2.86 bits per heavy atom. The second-order valence-electron chi connectivity index (χ2n) is 4.21. The number of fused-ring (bicyclic) bond motifs is 1. The summed E-state index contributed by atoms with van der Waals surface area (Å²) < 4.78 is 5.62. The Balaban J connectivity index is 1.72. The van der Waals surface area contributed by atoms with Gasteiger partial charge in [0.05, 0.1) is 0 Å². The van der Waals surface area contributed by atoms with E-state index in [1.807, 2.05) is 30.3 Å². The summed E-state index contributed by atoms with van der Waals surface area (Å²) in [5.74, 6) is -0.807. The zero-order chi connectivity index (χ0) is 14.7. The van der Waals surface area contributed by atoms with Gasteiger partial charge in [-0.1, -0.05) is 35.1 Å². The van der Waals surface area contributed by atoms with E-state index >= 15 is 0 Å². The fraction of sp³-hybridized carbons (Fsp3) is 0.0714. The largest absolute Gasteiger partial charge is 0.455 e. The van der Waals surface area contributed by atoms with Gasteiger partial charge in [0.2, 0.25) is 5.65 Å². The van der Waals surface area contributed by atoms with Gasteiger partial charge in [0.25, 0.3) is 0 Å². The lowest BCUT2D eigenvalue weighted by Crippen LogP contribution is -2.35. The first-order valence-electron chi connectivity index (χ1n) is 6.21. The number of hydrogen-bond acceptors (Lipinski definition) is 5. The van der Waals surface area contributed by atoms with Gasteiger partial charge in [0.1, 0.15) is 0 Å². The molecule has 0 saturated heterocycles. The molecule has 21 heavy (non-hydrogen) atoms. The molecule has 1 aromatic carbocycles. The molecule has 0 spiro atoms. The van der Waals surface area contributed by atoms with Crippen molar-refractivity contribution < 1.29 is 14.0 Å². The number of nitrogens with zero attached hydrogens (tertiary/aromatic N) is 2. The maximum atomic E-state index is 11.7. The average Bonchev–Trinajstić information content (AvgIpc) is 2.82. The Hall–Kier alpha value is -3.09. The van der Waals surface area contributed by atoms with Gasteiger partial charge in [-0.05, 0) is 17.7 Å². The molecule has 3 aromatic rings. The molecular formula is C14H11N3O4. The van der Waals surface area contributed by atoms with Crippen LogP contribution in [0.2, 0.25) is 0 Å². The molecule has 0 bridgehead atoms. The van der Waals surface area contributed by atoms with Crippen molar-refractivity contribution in [1.82, 2.24) is 15.0 Å². The van der Waals surface area contributed by atoms with Crippen molar-refractivity contribution >= 4 is 17.3 Å². The summed E-state index contributed by atoms with van der Waals surface area (Å²) in [7, 11) is 0. The number of pyridine rings is 1. The summed E-state index contributed by atoms with van der Waals surface area (Å²) in [5.41, 5.74) is 1.31. The molecule has 0 radical (unpaired) electrons. The van der Waals surface area contributed by atoms with E-state index in [0.29, 0.717) is 0 Å². The molecule has 1 N–H and O–H groups in total. The third-order valence-corrected chi connectivity index (χ3v) is 2.76. The van der Waals surface area contributed by atoms with Crippen LogP contribution in [0.15, 0.2) is 57.9 Å². The minimum absolute atomic E-state index is 0.150. The monoisotopic (exact) mass is 285 g/mol. The Kier molecular flexibility index (Phi) is 3.38. The molecule has 3 rings (SSSR count). The third-order valence-electron chi connectivity index (χ3n) is 2.76. The summed E-state index contributed by atoms with van der Waals surface area (Å²) in [4.78, 5) is 32.2. The van der Waals surface area contributed by atoms with Crippen molar-refractivity contribution in [3.05, 3.63) is 64.8 Å². The van der Waals surface area contributed by atoms with Gasteiger partial charge < -0.3 is 14.6 Å². The summed E-state index contributed by atoms with van der Waals surface area (Å²) >= 11 is 0. The molecule has 7 heteroatoms. The van der Waals surface area contributed by atoms with E-state index in [9.17, 15) is 9.59 Å². The number of hydrogen-bond donors (Lipinski definition) is 1. The highest BCUT2D eigenvalue weighted by Crippen LogP contribution is 2.06. The van der Waals surface area contributed by atoms with E-state index in [0.717, 1.165) is 10.3 Å². The Labute approximate surface area is 118 Å². The van der Waals surface area contributed by atoms with E-state index in [2.05, 4.69) is 10.3 Å². The fourth-order valence-corrected chi connectivity index (χ4v) is 1.80. The van der Waals surface area contributed by atoms with Crippen LogP contribution in [0.5, 0.6) is 0 Å². The topological polar surface area (TPSA) is 86.4 Å². The third kappa shape index (κ3) is 2.76. The molecule has 0 aliphatic heterocycles. The smallest absolute Gasteiger partial charge is 0.404 e. The van der Waals surface area contributed by atoms with E-state index in [1.165, 1.54) is 6.20 Å². The number of nitrogens with one attached hydrogen (secondary N) is 1. The molecule has 1 amide bonds.